The minimum Gasteiger partial charge on any atom is -0.497 e. The maximum atomic E-state index is 14.0. The number of likely N-dealkylation sites (tertiary alicyclic amines) is 1. The third-order valence-corrected chi connectivity index (χ3v) is 9.37. The Morgan fingerprint density at radius 1 is 1.15 bits per heavy atom. The molecule has 10 nitrogen and oxygen atoms in total. The van der Waals surface area contributed by atoms with Crippen molar-refractivity contribution in [1.82, 2.24) is 9.88 Å². The summed E-state index contributed by atoms with van der Waals surface area (Å²) in [6.07, 6.45) is 7.25. The van der Waals surface area contributed by atoms with Gasteiger partial charge in [-0.3, -0.25) is 14.4 Å². The molecule has 47 heavy (non-hydrogen) atoms. The van der Waals surface area contributed by atoms with Gasteiger partial charge in [0.05, 0.1) is 38.4 Å². The number of carbonyl (C=O) groups excluding carboxylic acids is 3. The number of anilines is 2. The predicted octanol–water partition coefficient (Wildman–Crippen LogP) is 4.66. The van der Waals surface area contributed by atoms with Crippen molar-refractivity contribution in [3.63, 3.8) is 0 Å². The number of nitrogens with one attached hydrogen (secondary N) is 2. The highest BCUT2D eigenvalue weighted by Gasteiger charge is 2.52. The van der Waals surface area contributed by atoms with Crippen LogP contribution in [-0.2, 0) is 33.0 Å². The van der Waals surface area contributed by atoms with E-state index in [1.807, 2.05) is 42.6 Å². The number of hydrogen-bond acceptors (Lipinski definition) is 6. The Kier molecular flexibility index (Phi) is 9.15. The van der Waals surface area contributed by atoms with Crippen LogP contribution in [0.25, 0.3) is 10.9 Å². The number of ether oxygens (including phenoxy) is 1. The number of benzene rings is 3. The van der Waals surface area contributed by atoms with E-state index in [9.17, 15) is 24.6 Å². The fourth-order valence-corrected chi connectivity index (χ4v) is 6.73. The van der Waals surface area contributed by atoms with Gasteiger partial charge in [-0.05, 0) is 60.4 Å². The molecule has 3 aromatic carbocycles. The van der Waals surface area contributed by atoms with Gasteiger partial charge in [-0.25, -0.2) is 0 Å². The SMILES string of the molecule is COc1ccc2c(c1)[C@](O)([C@@H](C)/C=C/CC(=O)N1CCC[C@H]1CO)C(=O)N2Cc1ccc(NC(=O)Cc2c[nH]c3ccccc23)cc1. The quantitative estimate of drug-likeness (QED) is 0.177. The molecule has 0 spiro atoms. The molecule has 1 fully saturated rings. The van der Waals surface area contributed by atoms with Crippen molar-refractivity contribution >= 4 is 40.0 Å². The standard InChI is InChI=1S/C37H40N4O6/c1-24(7-5-11-35(44)40-18-6-8-28(40)23-42)37(46)31-20-29(47-2)16-17-33(31)41(36(37)45)22-25-12-14-27(15-13-25)39-34(43)19-26-21-38-32-10-4-3-9-30(26)32/h3-5,7,9-10,12-17,20-21,24,28,38,42,46H,6,8,11,18-19,22-23H2,1-2H3,(H,39,43)/b7-5+/t24-,28-,37+/m0/s1. The number of rotatable bonds is 11. The first-order valence-corrected chi connectivity index (χ1v) is 16.0. The summed E-state index contributed by atoms with van der Waals surface area (Å²) in [6, 6.07) is 20.2. The second-order valence-corrected chi connectivity index (χ2v) is 12.3. The Bertz CT molecular complexity index is 1820. The maximum Gasteiger partial charge on any atom is 0.264 e. The van der Waals surface area contributed by atoms with Crippen LogP contribution in [0.15, 0.2) is 85.1 Å². The molecule has 2 aliphatic heterocycles. The lowest BCUT2D eigenvalue weighted by Gasteiger charge is -2.28. The maximum absolute atomic E-state index is 14.0. The van der Waals surface area contributed by atoms with Gasteiger partial charge in [0.2, 0.25) is 11.8 Å². The molecule has 0 bridgehead atoms. The Morgan fingerprint density at radius 3 is 2.70 bits per heavy atom. The van der Waals surface area contributed by atoms with Crippen LogP contribution in [0.5, 0.6) is 5.75 Å². The van der Waals surface area contributed by atoms with Gasteiger partial charge in [-0.1, -0.05) is 49.4 Å². The molecule has 4 aromatic rings. The summed E-state index contributed by atoms with van der Waals surface area (Å²) in [5.74, 6) is -0.834. The number of aromatic amines is 1. The smallest absolute Gasteiger partial charge is 0.264 e. The zero-order valence-corrected chi connectivity index (χ0v) is 26.6. The second-order valence-electron chi connectivity index (χ2n) is 12.3. The number of hydrogen-bond donors (Lipinski definition) is 4. The fourth-order valence-electron chi connectivity index (χ4n) is 6.73. The first kappa shape index (κ1) is 32.0. The van der Waals surface area contributed by atoms with Crippen molar-refractivity contribution < 1.29 is 29.3 Å². The molecule has 3 atom stereocenters. The van der Waals surface area contributed by atoms with E-state index in [1.165, 1.54) is 7.11 Å². The average Bonchev–Trinajstić information content (AvgIpc) is 3.78. The minimum atomic E-state index is -1.87. The van der Waals surface area contributed by atoms with Crippen LogP contribution < -0.4 is 15.0 Å². The Hall–Kier alpha value is -4.93. The van der Waals surface area contributed by atoms with Crippen molar-refractivity contribution in [3.8, 4) is 5.75 Å². The highest BCUT2D eigenvalue weighted by molar-refractivity contribution is 6.07. The third-order valence-electron chi connectivity index (χ3n) is 9.37. The monoisotopic (exact) mass is 636 g/mol. The van der Waals surface area contributed by atoms with E-state index in [-0.39, 0.29) is 43.8 Å². The molecule has 6 rings (SSSR count). The van der Waals surface area contributed by atoms with E-state index in [2.05, 4.69) is 10.3 Å². The summed E-state index contributed by atoms with van der Waals surface area (Å²) in [7, 11) is 1.53. The number of nitrogens with zero attached hydrogens (tertiary/aromatic N) is 2. The van der Waals surface area contributed by atoms with E-state index in [0.717, 1.165) is 34.9 Å². The number of amides is 3. The molecule has 2 aliphatic rings. The van der Waals surface area contributed by atoms with Crippen molar-refractivity contribution in [1.29, 1.82) is 0 Å². The summed E-state index contributed by atoms with van der Waals surface area (Å²) < 4.78 is 5.42. The number of methoxy groups -OCH3 is 1. The largest absolute Gasteiger partial charge is 0.497 e. The van der Waals surface area contributed by atoms with E-state index in [0.29, 0.717) is 29.2 Å². The molecule has 1 saturated heterocycles. The molecule has 0 saturated carbocycles. The summed E-state index contributed by atoms with van der Waals surface area (Å²) in [4.78, 5) is 46.1. The predicted molar refractivity (Wildman–Crippen MR) is 180 cm³/mol. The molecule has 3 heterocycles. The van der Waals surface area contributed by atoms with Gasteiger partial charge < -0.3 is 35.1 Å². The first-order valence-electron chi connectivity index (χ1n) is 16.0. The molecular formula is C37H40N4O6. The number of fused-ring (bicyclic) bond motifs is 2. The van der Waals surface area contributed by atoms with Crippen LogP contribution in [0.2, 0.25) is 0 Å². The van der Waals surface area contributed by atoms with Crippen LogP contribution >= 0.6 is 0 Å². The van der Waals surface area contributed by atoms with Gasteiger partial charge in [-0.2, -0.15) is 0 Å². The van der Waals surface area contributed by atoms with Gasteiger partial charge in [0, 0.05) is 47.2 Å². The van der Waals surface area contributed by atoms with E-state index in [1.54, 1.807) is 59.2 Å². The topological polar surface area (TPSA) is 135 Å². The van der Waals surface area contributed by atoms with Gasteiger partial charge in [0.25, 0.3) is 5.91 Å². The first-order chi connectivity index (χ1) is 22.7. The van der Waals surface area contributed by atoms with E-state index < -0.39 is 17.4 Å². The van der Waals surface area contributed by atoms with Crippen LogP contribution in [-0.4, -0.2) is 64.1 Å². The van der Waals surface area contributed by atoms with Crippen molar-refractivity contribution in [2.24, 2.45) is 5.92 Å². The highest BCUT2D eigenvalue weighted by atomic mass is 16.5. The second kappa shape index (κ2) is 13.4. The number of aliphatic hydroxyl groups excluding tert-OH is 1. The lowest BCUT2D eigenvalue weighted by molar-refractivity contribution is -0.139. The number of carbonyl (C=O) groups is 3. The number of para-hydroxylation sites is 1. The van der Waals surface area contributed by atoms with E-state index >= 15 is 0 Å². The summed E-state index contributed by atoms with van der Waals surface area (Å²) in [5.41, 5.74) is 2.50. The molecule has 4 N–H and O–H groups in total. The number of aliphatic hydroxyl groups is 2. The highest BCUT2D eigenvalue weighted by Crippen LogP contribution is 2.47. The van der Waals surface area contributed by atoms with Gasteiger partial charge >= 0.3 is 0 Å². The van der Waals surface area contributed by atoms with Gasteiger partial charge in [0.1, 0.15) is 5.75 Å². The molecule has 244 valence electrons. The number of H-pyrrole nitrogens is 1. The average molecular weight is 637 g/mol. The number of aromatic nitrogens is 1. The van der Waals surface area contributed by atoms with Crippen LogP contribution in [0.3, 0.4) is 0 Å². The minimum absolute atomic E-state index is 0.0578. The summed E-state index contributed by atoms with van der Waals surface area (Å²) >= 11 is 0. The fraction of sp³-hybridized carbons (Fsp3) is 0.324. The molecular weight excluding hydrogens is 596 g/mol. The van der Waals surface area contributed by atoms with Crippen molar-refractivity contribution in [3.05, 3.63) is 102 Å². The molecule has 0 radical (unpaired) electrons. The molecule has 0 aliphatic carbocycles. The zero-order chi connectivity index (χ0) is 33.1. The van der Waals surface area contributed by atoms with Crippen LogP contribution in [0, 0.1) is 5.92 Å². The van der Waals surface area contributed by atoms with Crippen molar-refractivity contribution in [2.45, 2.75) is 50.8 Å². The third kappa shape index (κ3) is 6.26. The Morgan fingerprint density at radius 2 is 1.94 bits per heavy atom. The molecule has 1 aromatic heterocycles. The molecule has 3 amide bonds. The molecule has 0 unspecified atom stereocenters. The van der Waals surface area contributed by atoms with Crippen molar-refractivity contribution in [2.75, 3.05) is 30.5 Å². The Balaban J connectivity index is 1.15. The van der Waals surface area contributed by atoms with E-state index in [4.69, 9.17) is 4.74 Å². The molecule has 10 heteroatoms. The normalized spacial score (nSPS) is 19.8. The summed E-state index contributed by atoms with van der Waals surface area (Å²) in [6.45, 7) is 2.52. The Labute approximate surface area is 273 Å². The lowest BCUT2D eigenvalue weighted by Crippen LogP contribution is -2.44. The zero-order valence-electron chi connectivity index (χ0n) is 26.6. The summed E-state index contributed by atoms with van der Waals surface area (Å²) in [5, 5.41) is 25.6. The lowest BCUT2D eigenvalue weighted by atomic mass is 9.83. The van der Waals surface area contributed by atoms with Crippen LogP contribution in [0.1, 0.15) is 42.9 Å². The van der Waals surface area contributed by atoms with Crippen LogP contribution in [0.4, 0.5) is 11.4 Å². The van der Waals surface area contributed by atoms with Gasteiger partial charge in [0.15, 0.2) is 5.60 Å². The van der Waals surface area contributed by atoms with Gasteiger partial charge in [-0.15, -0.1) is 0 Å².